The van der Waals surface area contributed by atoms with Crippen LogP contribution in [0.4, 0.5) is 0 Å². The van der Waals surface area contributed by atoms with Crippen LogP contribution in [0.1, 0.15) is 41.6 Å². The monoisotopic (exact) mass is 352 g/mol. The maximum atomic E-state index is 12.3. The number of nitriles is 1. The van der Waals surface area contributed by atoms with Crippen molar-refractivity contribution in [2.75, 3.05) is 7.11 Å². The Bertz CT molecular complexity index is 793. The zero-order chi connectivity index (χ0) is 18.4. The predicted molar refractivity (Wildman–Crippen MR) is 93.9 cm³/mol. The third kappa shape index (κ3) is 4.28. The average molecular weight is 352 g/mol. The van der Waals surface area contributed by atoms with Crippen molar-refractivity contribution in [2.24, 2.45) is 0 Å². The number of hydrogen-bond donors (Lipinski definition) is 1. The van der Waals surface area contributed by atoms with Gasteiger partial charge in [-0.05, 0) is 49.9 Å². The molecule has 1 amide bonds. The number of aromatic nitrogens is 2. The van der Waals surface area contributed by atoms with Crippen LogP contribution in [-0.4, -0.2) is 35.1 Å². The second-order valence-corrected chi connectivity index (χ2v) is 6.12. The highest BCUT2D eigenvalue weighted by Crippen LogP contribution is 2.27. The topological polar surface area (TPSA) is 97.1 Å². The molecule has 0 atom stereocenters. The summed E-state index contributed by atoms with van der Waals surface area (Å²) in [6.07, 6.45) is 6.45. The zero-order valence-corrected chi connectivity index (χ0v) is 14.5. The Morgan fingerprint density at radius 3 is 2.38 bits per heavy atom. The Hall–Kier alpha value is -3.14. The SMILES string of the molecule is COc1nccnc1OC1CCC(NC(=O)c2ccc(C#N)cc2)CC1. The number of methoxy groups -OCH3 is 1. The van der Waals surface area contributed by atoms with Crippen molar-refractivity contribution in [3.8, 4) is 17.8 Å². The van der Waals surface area contributed by atoms with E-state index in [1.54, 1.807) is 36.7 Å². The van der Waals surface area contributed by atoms with Crippen molar-refractivity contribution in [1.82, 2.24) is 15.3 Å². The summed E-state index contributed by atoms with van der Waals surface area (Å²) in [5.41, 5.74) is 1.10. The molecule has 0 radical (unpaired) electrons. The number of nitrogens with one attached hydrogen (secondary N) is 1. The van der Waals surface area contributed by atoms with Gasteiger partial charge in [-0.25, -0.2) is 9.97 Å². The number of benzene rings is 1. The Balaban J connectivity index is 1.50. The maximum absolute atomic E-state index is 12.3. The molecule has 0 unspecified atom stereocenters. The number of nitrogens with zero attached hydrogens (tertiary/aromatic N) is 3. The Kier molecular flexibility index (Phi) is 5.64. The molecule has 1 fully saturated rings. The molecule has 0 aliphatic heterocycles. The first-order chi connectivity index (χ1) is 12.7. The van der Waals surface area contributed by atoms with Crippen molar-refractivity contribution in [3.63, 3.8) is 0 Å². The molecule has 1 aromatic heterocycles. The molecule has 1 N–H and O–H groups in total. The molecular formula is C19H20N4O3. The summed E-state index contributed by atoms with van der Waals surface area (Å²) in [5.74, 6) is 0.665. The lowest BCUT2D eigenvalue weighted by atomic mass is 9.92. The van der Waals surface area contributed by atoms with Gasteiger partial charge in [-0.2, -0.15) is 5.26 Å². The maximum Gasteiger partial charge on any atom is 0.278 e. The molecule has 26 heavy (non-hydrogen) atoms. The van der Waals surface area contributed by atoms with Gasteiger partial charge in [0.05, 0.1) is 18.7 Å². The number of rotatable bonds is 5. The highest BCUT2D eigenvalue weighted by molar-refractivity contribution is 5.94. The molecule has 1 saturated carbocycles. The third-order valence-electron chi connectivity index (χ3n) is 4.39. The van der Waals surface area contributed by atoms with Crippen molar-refractivity contribution >= 4 is 5.91 Å². The van der Waals surface area contributed by atoms with Crippen LogP contribution < -0.4 is 14.8 Å². The lowest BCUT2D eigenvalue weighted by Crippen LogP contribution is -2.39. The van der Waals surface area contributed by atoms with Crippen LogP contribution in [0, 0.1) is 11.3 Å². The van der Waals surface area contributed by atoms with Gasteiger partial charge in [0.1, 0.15) is 6.10 Å². The highest BCUT2D eigenvalue weighted by Gasteiger charge is 2.25. The van der Waals surface area contributed by atoms with Gasteiger partial charge in [0.2, 0.25) is 0 Å². The van der Waals surface area contributed by atoms with Crippen LogP contribution in [0.3, 0.4) is 0 Å². The van der Waals surface area contributed by atoms with Crippen LogP contribution in [0.25, 0.3) is 0 Å². The molecule has 2 aromatic rings. The van der Waals surface area contributed by atoms with Gasteiger partial charge in [0.25, 0.3) is 17.7 Å². The van der Waals surface area contributed by atoms with Gasteiger partial charge >= 0.3 is 0 Å². The minimum Gasteiger partial charge on any atom is -0.477 e. The van der Waals surface area contributed by atoms with E-state index in [-0.39, 0.29) is 18.1 Å². The van der Waals surface area contributed by atoms with E-state index in [1.807, 2.05) is 6.07 Å². The summed E-state index contributed by atoms with van der Waals surface area (Å²) in [5, 5.41) is 11.9. The Labute approximate surface area is 152 Å². The van der Waals surface area contributed by atoms with Gasteiger partial charge in [-0.3, -0.25) is 4.79 Å². The van der Waals surface area contributed by atoms with Gasteiger partial charge < -0.3 is 14.8 Å². The molecule has 7 heteroatoms. The summed E-state index contributed by atoms with van der Waals surface area (Å²) >= 11 is 0. The molecule has 7 nitrogen and oxygen atoms in total. The lowest BCUT2D eigenvalue weighted by Gasteiger charge is -2.29. The normalized spacial score (nSPS) is 19.2. The van der Waals surface area contributed by atoms with Crippen molar-refractivity contribution < 1.29 is 14.3 Å². The standard InChI is InChI=1S/C19H20N4O3/c1-25-18-19(22-11-10-21-18)26-16-8-6-15(7-9-16)23-17(24)14-4-2-13(12-20)3-5-14/h2-5,10-11,15-16H,6-9H2,1H3,(H,23,24). The number of carbonyl (C=O) groups excluding carboxylic acids is 1. The summed E-state index contributed by atoms with van der Waals surface area (Å²) in [6, 6.07) is 8.79. The van der Waals surface area contributed by atoms with E-state index in [4.69, 9.17) is 14.7 Å². The van der Waals surface area contributed by atoms with Crippen molar-refractivity contribution in [2.45, 2.75) is 37.8 Å². The van der Waals surface area contributed by atoms with Crippen molar-refractivity contribution in [3.05, 3.63) is 47.8 Å². The van der Waals surface area contributed by atoms with E-state index in [0.717, 1.165) is 25.7 Å². The van der Waals surface area contributed by atoms with Gasteiger partial charge in [-0.15, -0.1) is 0 Å². The quantitative estimate of drug-likeness (QED) is 0.888. The molecule has 1 aliphatic carbocycles. The first-order valence-electron chi connectivity index (χ1n) is 8.52. The minimum absolute atomic E-state index is 0.0312. The first-order valence-corrected chi connectivity index (χ1v) is 8.52. The summed E-state index contributed by atoms with van der Waals surface area (Å²) < 4.78 is 11.0. The molecule has 3 rings (SSSR count). The van der Waals surface area contributed by atoms with Crippen LogP contribution in [0.2, 0.25) is 0 Å². The van der Waals surface area contributed by atoms with E-state index in [9.17, 15) is 4.79 Å². The van der Waals surface area contributed by atoms with Crippen LogP contribution >= 0.6 is 0 Å². The molecule has 1 aliphatic rings. The predicted octanol–water partition coefficient (Wildman–Crippen LogP) is 2.48. The fourth-order valence-electron chi connectivity index (χ4n) is 2.98. The van der Waals surface area contributed by atoms with Crippen LogP contribution in [0.5, 0.6) is 11.8 Å². The lowest BCUT2D eigenvalue weighted by molar-refractivity contribution is 0.0886. The van der Waals surface area contributed by atoms with Gasteiger partial charge in [0, 0.05) is 24.0 Å². The fourth-order valence-corrected chi connectivity index (χ4v) is 2.98. The molecular weight excluding hydrogens is 332 g/mol. The zero-order valence-electron chi connectivity index (χ0n) is 14.5. The smallest absolute Gasteiger partial charge is 0.278 e. The Morgan fingerprint density at radius 1 is 1.12 bits per heavy atom. The number of amides is 1. The minimum atomic E-state index is -0.116. The first kappa shape index (κ1) is 17.7. The summed E-state index contributed by atoms with van der Waals surface area (Å²) in [4.78, 5) is 20.5. The molecule has 1 heterocycles. The average Bonchev–Trinajstić information content (AvgIpc) is 2.70. The molecule has 0 bridgehead atoms. The van der Waals surface area contributed by atoms with Crippen LogP contribution in [0.15, 0.2) is 36.7 Å². The summed E-state index contributed by atoms with van der Waals surface area (Å²) in [6.45, 7) is 0. The van der Waals surface area contributed by atoms with E-state index in [1.165, 1.54) is 7.11 Å². The summed E-state index contributed by atoms with van der Waals surface area (Å²) in [7, 11) is 1.53. The molecule has 1 aromatic carbocycles. The number of carbonyl (C=O) groups is 1. The second kappa shape index (κ2) is 8.30. The fraction of sp³-hybridized carbons (Fsp3) is 0.368. The van der Waals surface area contributed by atoms with Gasteiger partial charge in [0.15, 0.2) is 0 Å². The van der Waals surface area contributed by atoms with E-state index >= 15 is 0 Å². The number of ether oxygens (including phenoxy) is 2. The number of hydrogen-bond acceptors (Lipinski definition) is 6. The Morgan fingerprint density at radius 2 is 1.77 bits per heavy atom. The van der Waals surface area contributed by atoms with Crippen LogP contribution in [-0.2, 0) is 0 Å². The van der Waals surface area contributed by atoms with Crippen molar-refractivity contribution in [1.29, 1.82) is 5.26 Å². The highest BCUT2D eigenvalue weighted by atomic mass is 16.5. The van der Waals surface area contributed by atoms with E-state index in [0.29, 0.717) is 22.9 Å². The van der Waals surface area contributed by atoms with Gasteiger partial charge in [-0.1, -0.05) is 0 Å². The molecule has 134 valence electrons. The molecule has 0 saturated heterocycles. The van der Waals surface area contributed by atoms with E-state index in [2.05, 4.69) is 15.3 Å². The second-order valence-electron chi connectivity index (χ2n) is 6.12. The van der Waals surface area contributed by atoms with E-state index < -0.39 is 0 Å². The largest absolute Gasteiger partial charge is 0.477 e. The third-order valence-corrected chi connectivity index (χ3v) is 4.39. The molecule has 0 spiro atoms.